The lowest BCUT2D eigenvalue weighted by molar-refractivity contribution is 0.150. The molecule has 0 spiro atoms. The molecule has 2 saturated heterocycles. The maximum absolute atomic E-state index is 4.56. The number of piperidine rings is 1. The highest BCUT2D eigenvalue weighted by Crippen LogP contribution is 2.27. The van der Waals surface area contributed by atoms with Gasteiger partial charge in [-0.25, -0.2) is 9.97 Å². The number of nitrogens with zero attached hydrogens (tertiary/aromatic N) is 4. The standard InChI is InChI=1S/C20H27N5.ClH/c1-16-22-8-5-20(23-16)17-3-2-4-19(15-17)24-11-6-18(7-12-24)25-13-9-21-10-14-25;/h2-5,8,15,18,21H,6-7,9-14H2,1H3;1H. The number of nitrogens with one attached hydrogen (secondary N) is 1. The summed E-state index contributed by atoms with van der Waals surface area (Å²) in [5.41, 5.74) is 3.49. The molecular formula is C20H28ClN5. The minimum absolute atomic E-state index is 0. The second-order valence-electron chi connectivity index (χ2n) is 7.04. The van der Waals surface area contributed by atoms with Crippen LogP contribution < -0.4 is 10.2 Å². The van der Waals surface area contributed by atoms with Crippen molar-refractivity contribution >= 4 is 18.1 Å². The largest absolute Gasteiger partial charge is 0.371 e. The minimum Gasteiger partial charge on any atom is -0.371 e. The molecule has 0 radical (unpaired) electrons. The van der Waals surface area contributed by atoms with E-state index in [1.165, 1.54) is 37.2 Å². The number of halogens is 1. The van der Waals surface area contributed by atoms with E-state index in [0.29, 0.717) is 0 Å². The van der Waals surface area contributed by atoms with Crippen molar-refractivity contribution in [2.75, 3.05) is 44.2 Å². The number of aromatic nitrogens is 2. The summed E-state index contributed by atoms with van der Waals surface area (Å²) in [5.74, 6) is 0.819. The van der Waals surface area contributed by atoms with Crippen LogP contribution in [0.5, 0.6) is 0 Å². The van der Waals surface area contributed by atoms with Gasteiger partial charge in [0.2, 0.25) is 0 Å². The van der Waals surface area contributed by atoms with Gasteiger partial charge in [-0.2, -0.15) is 0 Å². The molecule has 1 aromatic heterocycles. The van der Waals surface area contributed by atoms with E-state index in [4.69, 9.17) is 0 Å². The van der Waals surface area contributed by atoms with Gasteiger partial charge in [0, 0.05) is 62.8 Å². The molecule has 26 heavy (non-hydrogen) atoms. The quantitative estimate of drug-likeness (QED) is 0.896. The van der Waals surface area contributed by atoms with Gasteiger partial charge in [0.05, 0.1) is 5.69 Å². The molecule has 0 saturated carbocycles. The number of rotatable bonds is 3. The molecular weight excluding hydrogens is 346 g/mol. The normalized spacial score (nSPS) is 19.2. The first-order valence-corrected chi connectivity index (χ1v) is 9.39. The van der Waals surface area contributed by atoms with Crippen LogP contribution in [0.1, 0.15) is 18.7 Å². The van der Waals surface area contributed by atoms with Crippen LogP contribution in [0.3, 0.4) is 0 Å². The number of anilines is 1. The van der Waals surface area contributed by atoms with Crippen molar-refractivity contribution in [2.45, 2.75) is 25.8 Å². The highest BCUT2D eigenvalue weighted by atomic mass is 35.5. The molecule has 2 fully saturated rings. The van der Waals surface area contributed by atoms with E-state index in [2.05, 4.69) is 49.4 Å². The fourth-order valence-electron chi connectivity index (χ4n) is 4.02. The van der Waals surface area contributed by atoms with Gasteiger partial charge in [-0.1, -0.05) is 12.1 Å². The summed E-state index contributed by atoms with van der Waals surface area (Å²) < 4.78 is 0. The highest BCUT2D eigenvalue weighted by Gasteiger charge is 2.25. The lowest BCUT2D eigenvalue weighted by atomic mass is 10.0. The number of hydrogen-bond acceptors (Lipinski definition) is 5. The second kappa shape index (κ2) is 8.80. The molecule has 0 unspecified atom stereocenters. The zero-order valence-corrected chi connectivity index (χ0v) is 16.2. The summed E-state index contributed by atoms with van der Waals surface area (Å²) >= 11 is 0. The molecule has 1 N–H and O–H groups in total. The van der Waals surface area contributed by atoms with Crippen LogP contribution in [0, 0.1) is 6.92 Å². The van der Waals surface area contributed by atoms with Crippen molar-refractivity contribution in [2.24, 2.45) is 0 Å². The van der Waals surface area contributed by atoms with Crippen LogP contribution in [0.2, 0.25) is 0 Å². The Morgan fingerprint density at radius 1 is 1.04 bits per heavy atom. The summed E-state index contributed by atoms with van der Waals surface area (Å²) in [6, 6.07) is 11.5. The lowest BCUT2D eigenvalue weighted by Crippen LogP contribution is -2.52. The Bertz CT molecular complexity index is 709. The molecule has 2 aromatic rings. The van der Waals surface area contributed by atoms with Crippen LogP contribution in [-0.2, 0) is 0 Å². The predicted octanol–water partition coefficient (Wildman–Crippen LogP) is 2.75. The molecule has 140 valence electrons. The van der Waals surface area contributed by atoms with E-state index in [1.54, 1.807) is 0 Å². The summed E-state index contributed by atoms with van der Waals surface area (Å²) in [5, 5.41) is 3.45. The molecule has 0 atom stereocenters. The molecule has 3 heterocycles. The van der Waals surface area contributed by atoms with Crippen molar-refractivity contribution in [3.63, 3.8) is 0 Å². The average Bonchev–Trinajstić information content (AvgIpc) is 2.69. The third-order valence-electron chi connectivity index (χ3n) is 5.42. The van der Waals surface area contributed by atoms with Gasteiger partial charge in [-0.15, -0.1) is 12.4 Å². The van der Waals surface area contributed by atoms with Crippen molar-refractivity contribution < 1.29 is 0 Å². The first-order chi connectivity index (χ1) is 12.3. The first kappa shape index (κ1) is 19.1. The van der Waals surface area contributed by atoms with Crippen LogP contribution in [0.4, 0.5) is 5.69 Å². The zero-order chi connectivity index (χ0) is 17.1. The van der Waals surface area contributed by atoms with Gasteiger partial charge in [-0.3, -0.25) is 4.90 Å². The fourth-order valence-corrected chi connectivity index (χ4v) is 4.02. The summed E-state index contributed by atoms with van der Waals surface area (Å²) in [4.78, 5) is 14.0. The number of aryl methyl sites for hydroxylation is 1. The first-order valence-electron chi connectivity index (χ1n) is 9.39. The number of piperazine rings is 1. The number of benzene rings is 1. The number of hydrogen-bond donors (Lipinski definition) is 1. The van der Waals surface area contributed by atoms with Crippen molar-refractivity contribution in [3.8, 4) is 11.3 Å². The molecule has 5 nitrogen and oxygen atoms in total. The van der Waals surface area contributed by atoms with E-state index in [-0.39, 0.29) is 12.4 Å². The van der Waals surface area contributed by atoms with Gasteiger partial charge >= 0.3 is 0 Å². The molecule has 0 aliphatic carbocycles. The Hall–Kier alpha value is -1.69. The topological polar surface area (TPSA) is 44.3 Å². The Kier molecular flexibility index (Phi) is 6.46. The molecule has 1 aromatic carbocycles. The second-order valence-corrected chi connectivity index (χ2v) is 7.04. The zero-order valence-electron chi connectivity index (χ0n) is 15.4. The van der Waals surface area contributed by atoms with Crippen LogP contribution >= 0.6 is 12.4 Å². The summed E-state index contributed by atoms with van der Waals surface area (Å²) in [7, 11) is 0. The van der Waals surface area contributed by atoms with Gasteiger partial charge in [0.25, 0.3) is 0 Å². The third-order valence-corrected chi connectivity index (χ3v) is 5.42. The van der Waals surface area contributed by atoms with E-state index in [9.17, 15) is 0 Å². The van der Waals surface area contributed by atoms with Crippen molar-refractivity contribution in [1.29, 1.82) is 0 Å². The van der Waals surface area contributed by atoms with Crippen molar-refractivity contribution in [1.82, 2.24) is 20.2 Å². The predicted molar refractivity (Wildman–Crippen MR) is 109 cm³/mol. The van der Waals surface area contributed by atoms with Gasteiger partial charge in [0.15, 0.2) is 0 Å². The van der Waals surface area contributed by atoms with Crippen LogP contribution in [0.15, 0.2) is 36.5 Å². The third kappa shape index (κ3) is 4.34. The highest BCUT2D eigenvalue weighted by molar-refractivity contribution is 5.85. The van der Waals surface area contributed by atoms with E-state index in [1.807, 2.05) is 19.2 Å². The van der Waals surface area contributed by atoms with E-state index < -0.39 is 0 Å². The molecule has 2 aliphatic rings. The average molecular weight is 374 g/mol. The van der Waals surface area contributed by atoms with Gasteiger partial charge < -0.3 is 10.2 Å². The molecule has 6 heteroatoms. The van der Waals surface area contributed by atoms with E-state index in [0.717, 1.165) is 43.7 Å². The summed E-state index contributed by atoms with van der Waals surface area (Å²) in [6.07, 6.45) is 4.36. The monoisotopic (exact) mass is 373 g/mol. The van der Waals surface area contributed by atoms with E-state index >= 15 is 0 Å². The molecule has 0 bridgehead atoms. The Balaban J connectivity index is 0.00000196. The maximum Gasteiger partial charge on any atom is 0.125 e. The van der Waals surface area contributed by atoms with Gasteiger partial charge in [0.1, 0.15) is 5.82 Å². The minimum atomic E-state index is 0. The fraction of sp³-hybridized carbons (Fsp3) is 0.500. The molecule has 0 amide bonds. The lowest BCUT2D eigenvalue weighted by Gasteiger charge is -2.41. The van der Waals surface area contributed by atoms with Crippen LogP contribution in [-0.4, -0.2) is 60.2 Å². The van der Waals surface area contributed by atoms with Gasteiger partial charge in [-0.05, 0) is 38.0 Å². The summed E-state index contributed by atoms with van der Waals surface area (Å²) in [6.45, 7) is 8.90. The maximum atomic E-state index is 4.56. The SMILES string of the molecule is Cc1nccc(-c2cccc(N3CCC(N4CCNCC4)CC3)c2)n1.Cl. The van der Waals surface area contributed by atoms with Crippen molar-refractivity contribution in [3.05, 3.63) is 42.4 Å². The smallest absolute Gasteiger partial charge is 0.125 e. The Morgan fingerprint density at radius 2 is 1.81 bits per heavy atom. The van der Waals surface area contributed by atoms with Crippen LogP contribution in [0.25, 0.3) is 11.3 Å². The molecule has 2 aliphatic heterocycles. The Morgan fingerprint density at radius 3 is 2.54 bits per heavy atom. The Labute approximate surface area is 162 Å². The molecule has 4 rings (SSSR count).